The van der Waals surface area contributed by atoms with Crippen LogP contribution in [0, 0.1) is 6.57 Å². The van der Waals surface area contributed by atoms with Crippen LogP contribution in [0.15, 0.2) is 35.6 Å². The standard InChI is InChI=1S/C25H34N6O/c1-25(2,31-16-14-29(4)15-17-31)22-11-10-21(23(28-22)30-12-6-5-7-13-30)27-24(32)19-8-9-20(18-19)26-3/h9-11,18H,5-8,12-17H2,1-2,4H3,(H,27,32). The molecule has 3 aliphatic rings. The summed E-state index contributed by atoms with van der Waals surface area (Å²) in [6.45, 7) is 17.7. The van der Waals surface area contributed by atoms with E-state index in [2.05, 4.69) is 51.8 Å². The molecule has 0 bridgehead atoms. The van der Waals surface area contributed by atoms with Crippen molar-refractivity contribution in [3.8, 4) is 0 Å². The Kier molecular flexibility index (Phi) is 6.63. The van der Waals surface area contributed by atoms with Crippen LogP contribution in [-0.4, -0.2) is 67.0 Å². The van der Waals surface area contributed by atoms with E-state index in [1.807, 2.05) is 6.07 Å². The molecule has 0 radical (unpaired) electrons. The summed E-state index contributed by atoms with van der Waals surface area (Å²) in [5, 5.41) is 3.09. The van der Waals surface area contributed by atoms with E-state index in [4.69, 9.17) is 11.6 Å². The fraction of sp³-hybridized carbons (Fsp3) is 0.560. The number of pyridine rings is 1. The Hall–Kier alpha value is -2.69. The van der Waals surface area contributed by atoms with Crippen molar-refractivity contribution in [2.24, 2.45) is 0 Å². The van der Waals surface area contributed by atoms with Gasteiger partial charge < -0.3 is 15.1 Å². The molecule has 170 valence electrons. The van der Waals surface area contributed by atoms with Crippen LogP contribution in [0.2, 0.25) is 0 Å². The van der Waals surface area contributed by atoms with Crippen molar-refractivity contribution >= 4 is 17.4 Å². The van der Waals surface area contributed by atoms with Crippen molar-refractivity contribution in [3.63, 3.8) is 0 Å². The van der Waals surface area contributed by atoms with Crippen LogP contribution in [0.4, 0.5) is 11.5 Å². The Labute approximate surface area is 191 Å². The summed E-state index contributed by atoms with van der Waals surface area (Å²) in [7, 11) is 2.17. The van der Waals surface area contributed by atoms with Gasteiger partial charge in [-0.1, -0.05) is 6.08 Å². The number of allylic oxidation sites excluding steroid dienone is 2. The van der Waals surface area contributed by atoms with Crippen molar-refractivity contribution in [2.75, 3.05) is 56.5 Å². The third-order valence-electron chi connectivity index (χ3n) is 6.97. The molecular formula is C25H34N6O. The fourth-order valence-electron chi connectivity index (χ4n) is 4.71. The highest BCUT2D eigenvalue weighted by molar-refractivity contribution is 6.06. The van der Waals surface area contributed by atoms with Crippen LogP contribution in [-0.2, 0) is 10.3 Å². The zero-order chi connectivity index (χ0) is 22.7. The highest BCUT2D eigenvalue weighted by Crippen LogP contribution is 2.34. The topological polar surface area (TPSA) is 56.1 Å². The average Bonchev–Trinajstić information content (AvgIpc) is 3.30. The van der Waals surface area contributed by atoms with E-state index in [0.717, 1.165) is 69.3 Å². The molecule has 1 aromatic rings. The zero-order valence-electron chi connectivity index (χ0n) is 19.5. The maximum atomic E-state index is 12.9. The van der Waals surface area contributed by atoms with Crippen LogP contribution < -0.4 is 10.2 Å². The molecule has 1 N–H and O–H groups in total. The number of hydrogen-bond donors (Lipinski definition) is 1. The van der Waals surface area contributed by atoms with Gasteiger partial charge in [0, 0.05) is 44.8 Å². The first-order valence-electron chi connectivity index (χ1n) is 11.7. The Morgan fingerprint density at radius 3 is 2.47 bits per heavy atom. The number of nitrogens with one attached hydrogen (secondary N) is 1. The summed E-state index contributed by atoms with van der Waals surface area (Å²) in [6.07, 6.45) is 7.51. The van der Waals surface area contributed by atoms with Gasteiger partial charge in [-0.25, -0.2) is 9.83 Å². The minimum Gasteiger partial charge on any atom is -0.355 e. The van der Waals surface area contributed by atoms with Gasteiger partial charge in [-0.15, -0.1) is 0 Å². The molecule has 1 aliphatic carbocycles. The number of carbonyl (C=O) groups excluding carboxylic acids is 1. The van der Waals surface area contributed by atoms with Crippen molar-refractivity contribution in [1.29, 1.82) is 0 Å². The molecule has 4 rings (SSSR count). The first-order chi connectivity index (χ1) is 15.4. The quantitative estimate of drug-likeness (QED) is 0.718. The highest BCUT2D eigenvalue weighted by atomic mass is 16.1. The van der Waals surface area contributed by atoms with Crippen LogP contribution >= 0.6 is 0 Å². The minimum atomic E-state index is -0.184. The molecule has 0 aromatic carbocycles. The minimum absolute atomic E-state index is 0.147. The predicted octanol–water partition coefficient (Wildman–Crippen LogP) is 3.63. The van der Waals surface area contributed by atoms with Gasteiger partial charge in [-0.05, 0) is 64.8 Å². The molecule has 1 aromatic heterocycles. The number of piperidine rings is 1. The summed E-state index contributed by atoms with van der Waals surface area (Å²) >= 11 is 0. The van der Waals surface area contributed by atoms with E-state index in [1.54, 1.807) is 12.2 Å². The van der Waals surface area contributed by atoms with E-state index in [1.165, 1.54) is 6.42 Å². The smallest absolute Gasteiger partial charge is 0.250 e. The van der Waals surface area contributed by atoms with E-state index in [-0.39, 0.29) is 11.4 Å². The lowest BCUT2D eigenvalue weighted by Gasteiger charge is -2.43. The lowest BCUT2D eigenvalue weighted by atomic mass is 9.95. The fourth-order valence-corrected chi connectivity index (χ4v) is 4.71. The molecule has 0 unspecified atom stereocenters. The number of likely N-dealkylation sites (N-methyl/N-ethyl adjacent to an activating group) is 1. The largest absolute Gasteiger partial charge is 0.355 e. The summed E-state index contributed by atoms with van der Waals surface area (Å²) < 4.78 is 0. The van der Waals surface area contributed by atoms with Gasteiger partial charge in [0.05, 0.1) is 23.5 Å². The van der Waals surface area contributed by atoms with Crippen LogP contribution in [0.25, 0.3) is 4.85 Å². The Balaban J connectivity index is 1.61. The molecule has 2 fully saturated rings. The third-order valence-corrected chi connectivity index (χ3v) is 6.97. The first kappa shape index (κ1) is 22.5. The monoisotopic (exact) mass is 434 g/mol. The van der Waals surface area contributed by atoms with Crippen LogP contribution in [0.3, 0.4) is 0 Å². The lowest BCUT2D eigenvalue weighted by molar-refractivity contribution is -0.112. The Bertz CT molecular complexity index is 959. The van der Waals surface area contributed by atoms with E-state index in [0.29, 0.717) is 17.7 Å². The van der Waals surface area contributed by atoms with Crippen molar-refractivity contribution in [3.05, 3.63) is 52.7 Å². The third kappa shape index (κ3) is 4.72. The summed E-state index contributed by atoms with van der Waals surface area (Å²) in [4.78, 5) is 28.7. The van der Waals surface area contributed by atoms with E-state index in [9.17, 15) is 4.79 Å². The number of aromatic nitrogens is 1. The number of amides is 1. The lowest BCUT2D eigenvalue weighted by Crippen LogP contribution is -2.52. The summed E-state index contributed by atoms with van der Waals surface area (Å²) in [6, 6.07) is 4.08. The van der Waals surface area contributed by atoms with Crippen LogP contribution in [0.1, 0.15) is 45.2 Å². The molecular weight excluding hydrogens is 400 g/mol. The second kappa shape index (κ2) is 9.43. The molecule has 3 heterocycles. The van der Waals surface area contributed by atoms with Crippen molar-refractivity contribution < 1.29 is 4.79 Å². The second-order valence-electron chi connectivity index (χ2n) is 9.53. The number of anilines is 2. The maximum Gasteiger partial charge on any atom is 0.250 e. The van der Waals surface area contributed by atoms with Gasteiger partial charge in [-0.3, -0.25) is 9.69 Å². The van der Waals surface area contributed by atoms with Gasteiger partial charge in [0.2, 0.25) is 0 Å². The number of carbonyl (C=O) groups is 1. The molecule has 1 amide bonds. The van der Waals surface area contributed by atoms with E-state index < -0.39 is 0 Å². The maximum absolute atomic E-state index is 12.9. The molecule has 7 nitrogen and oxygen atoms in total. The number of piperazine rings is 1. The molecule has 2 saturated heterocycles. The highest BCUT2D eigenvalue weighted by Gasteiger charge is 2.33. The molecule has 0 spiro atoms. The Morgan fingerprint density at radius 2 is 1.81 bits per heavy atom. The summed E-state index contributed by atoms with van der Waals surface area (Å²) in [5.74, 6) is 0.723. The number of rotatable bonds is 5. The Morgan fingerprint density at radius 1 is 1.09 bits per heavy atom. The second-order valence-corrected chi connectivity index (χ2v) is 9.53. The molecule has 2 aliphatic heterocycles. The summed E-state index contributed by atoms with van der Waals surface area (Å²) in [5.41, 5.74) is 2.78. The number of hydrogen-bond acceptors (Lipinski definition) is 5. The normalized spacial score (nSPS) is 20.5. The van der Waals surface area contributed by atoms with Gasteiger partial charge in [0.25, 0.3) is 5.91 Å². The van der Waals surface area contributed by atoms with Crippen molar-refractivity contribution in [1.82, 2.24) is 14.8 Å². The average molecular weight is 435 g/mol. The first-order valence-corrected chi connectivity index (χ1v) is 11.7. The van der Waals surface area contributed by atoms with E-state index >= 15 is 0 Å². The van der Waals surface area contributed by atoms with Gasteiger partial charge in [0.15, 0.2) is 11.5 Å². The predicted molar refractivity (Wildman–Crippen MR) is 128 cm³/mol. The van der Waals surface area contributed by atoms with Crippen LogP contribution in [0.5, 0.6) is 0 Å². The molecule has 32 heavy (non-hydrogen) atoms. The van der Waals surface area contributed by atoms with Gasteiger partial charge >= 0.3 is 0 Å². The van der Waals surface area contributed by atoms with Gasteiger partial charge in [-0.2, -0.15) is 0 Å². The molecule has 7 heteroatoms. The SMILES string of the molecule is [C-]#[N+]C1=CCC(C(=O)Nc2ccc(C(C)(C)N3CCN(C)CC3)nc2N2CCCCC2)=C1. The zero-order valence-corrected chi connectivity index (χ0v) is 19.5. The van der Waals surface area contributed by atoms with Crippen molar-refractivity contribution in [2.45, 2.75) is 45.1 Å². The number of nitrogens with zero attached hydrogens (tertiary/aromatic N) is 5. The molecule has 0 saturated carbocycles. The molecule has 0 atom stereocenters. The van der Waals surface area contributed by atoms with Gasteiger partial charge in [0.1, 0.15) is 0 Å².